The molecule has 0 saturated carbocycles. The number of thiol groups is 1. The molecule has 0 fully saturated rings. The van der Waals surface area contributed by atoms with Crippen LogP contribution < -0.4 is 10.9 Å². The molecule has 0 spiro atoms. The number of aliphatic carboxylic acids is 1. The number of carbonyl (C=O) groups is 2. The van der Waals surface area contributed by atoms with Crippen LogP contribution in [0.5, 0.6) is 5.75 Å². The molecule has 0 aliphatic rings. The number of aromatic hydroxyl groups is 1. The lowest BCUT2D eigenvalue weighted by Crippen LogP contribution is -2.37. The van der Waals surface area contributed by atoms with Crippen LogP contribution in [-0.2, 0) is 29.9 Å². The molecule has 0 aliphatic heterocycles. The van der Waals surface area contributed by atoms with Crippen LogP contribution in [0.1, 0.15) is 46.6 Å². The number of hydrogen-bond donors (Lipinski definition) is 4. The molecule has 150 valence electrons. The van der Waals surface area contributed by atoms with Gasteiger partial charge in [0.2, 0.25) is 0 Å². The monoisotopic (exact) mass is 404 g/mol. The molecular weight excluding hydrogens is 380 g/mol. The smallest absolute Gasteiger partial charge is 0.322 e. The van der Waals surface area contributed by atoms with E-state index in [9.17, 15) is 19.5 Å². The Morgan fingerprint density at radius 2 is 1.71 bits per heavy atom. The molecule has 1 heterocycles. The number of rotatable bonds is 8. The molecule has 3 N–H and O–H groups in total. The minimum absolute atomic E-state index is 0.204. The number of amides is 1. The molecule has 1 amide bonds. The van der Waals surface area contributed by atoms with E-state index in [1.165, 1.54) is 10.1 Å². The summed E-state index contributed by atoms with van der Waals surface area (Å²) in [6.45, 7) is 3.41. The summed E-state index contributed by atoms with van der Waals surface area (Å²) >= 11 is 4.30. The average Bonchev–Trinajstić information content (AvgIpc) is 2.68. The first-order valence-electron chi connectivity index (χ1n) is 9.00. The number of carboxylic acid groups (broad SMARTS) is 1. The fourth-order valence-corrected chi connectivity index (χ4v) is 3.40. The standard InChI is InChI=1S/C20H24N2O5S/c1-3-12-5-7-13(8-6-12)10-22-15(11-28)14(4-2)18(25)17(20(22)27)19(26)21-9-16(23)24/h5-8,25,28H,3-4,9-11H2,1-2H3,(H,21,26)(H,23,24). The first kappa shape index (κ1) is 21.6. The van der Waals surface area contributed by atoms with Gasteiger partial charge in [0, 0.05) is 17.0 Å². The molecule has 28 heavy (non-hydrogen) atoms. The number of aromatic nitrogens is 1. The van der Waals surface area contributed by atoms with Gasteiger partial charge < -0.3 is 20.1 Å². The zero-order valence-electron chi connectivity index (χ0n) is 15.9. The quantitative estimate of drug-likeness (QED) is 0.503. The predicted octanol–water partition coefficient (Wildman–Crippen LogP) is 1.97. The van der Waals surface area contributed by atoms with E-state index in [2.05, 4.69) is 17.9 Å². The lowest BCUT2D eigenvalue weighted by molar-refractivity contribution is -0.135. The van der Waals surface area contributed by atoms with Crippen molar-refractivity contribution in [2.24, 2.45) is 0 Å². The molecule has 0 saturated heterocycles. The first-order chi connectivity index (χ1) is 13.3. The minimum atomic E-state index is -1.24. The summed E-state index contributed by atoms with van der Waals surface area (Å²) in [4.78, 5) is 36.1. The number of hydrogen-bond acceptors (Lipinski definition) is 5. The highest BCUT2D eigenvalue weighted by molar-refractivity contribution is 7.79. The Morgan fingerprint density at radius 1 is 1.11 bits per heavy atom. The summed E-state index contributed by atoms with van der Waals surface area (Å²) in [5.41, 5.74) is 1.88. The molecule has 0 aliphatic carbocycles. The van der Waals surface area contributed by atoms with Gasteiger partial charge in [-0.2, -0.15) is 12.6 Å². The van der Waals surface area contributed by atoms with Gasteiger partial charge in [0.1, 0.15) is 17.9 Å². The highest BCUT2D eigenvalue weighted by Crippen LogP contribution is 2.26. The molecule has 2 rings (SSSR count). The summed E-state index contributed by atoms with van der Waals surface area (Å²) in [5, 5.41) is 21.4. The van der Waals surface area contributed by atoms with Crippen LogP contribution in [0.15, 0.2) is 29.1 Å². The van der Waals surface area contributed by atoms with Gasteiger partial charge in [-0.1, -0.05) is 38.1 Å². The lowest BCUT2D eigenvalue weighted by Gasteiger charge is -2.19. The van der Waals surface area contributed by atoms with Crippen LogP contribution in [0.2, 0.25) is 0 Å². The number of pyridine rings is 1. The first-order valence-corrected chi connectivity index (χ1v) is 9.63. The Labute approximate surface area is 168 Å². The van der Waals surface area contributed by atoms with Crippen molar-refractivity contribution in [1.29, 1.82) is 0 Å². The zero-order valence-corrected chi connectivity index (χ0v) is 16.8. The van der Waals surface area contributed by atoms with Crippen LogP contribution in [0.3, 0.4) is 0 Å². The third kappa shape index (κ3) is 4.56. The SMILES string of the molecule is CCc1ccc(Cn2c(CS)c(CC)c(O)c(C(=O)NCC(=O)O)c2=O)cc1. The molecule has 2 aromatic rings. The van der Waals surface area contributed by atoms with Gasteiger partial charge in [0.05, 0.1) is 6.54 Å². The Balaban J connectivity index is 2.58. The van der Waals surface area contributed by atoms with E-state index in [4.69, 9.17) is 5.11 Å². The van der Waals surface area contributed by atoms with Crippen molar-refractivity contribution < 1.29 is 19.8 Å². The summed E-state index contributed by atoms with van der Waals surface area (Å²) in [5.74, 6) is -2.37. The van der Waals surface area contributed by atoms with Crippen molar-refractivity contribution >= 4 is 24.5 Å². The summed E-state index contributed by atoms with van der Waals surface area (Å²) in [7, 11) is 0. The fourth-order valence-electron chi connectivity index (χ4n) is 3.04. The van der Waals surface area contributed by atoms with Gasteiger partial charge >= 0.3 is 5.97 Å². The van der Waals surface area contributed by atoms with Crippen LogP contribution in [0.4, 0.5) is 0 Å². The maximum Gasteiger partial charge on any atom is 0.322 e. The fraction of sp³-hybridized carbons (Fsp3) is 0.350. The van der Waals surface area contributed by atoms with E-state index in [0.717, 1.165) is 12.0 Å². The zero-order chi connectivity index (χ0) is 20.8. The largest absolute Gasteiger partial charge is 0.507 e. The van der Waals surface area contributed by atoms with E-state index >= 15 is 0 Å². The molecule has 7 nitrogen and oxygen atoms in total. The Morgan fingerprint density at radius 3 is 2.21 bits per heavy atom. The third-order valence-corrected chi connectivity index (χ3v) is 4.86. The number of carboxylic acids is 1. The van der Waals surface area contributed by atoms with Crippen LogP contribution in [0, 0.1) is 0 Å². The second-order valence-electron chi connectivity index (χ2n) is 6.30. The van der Waals surface area contributed by atoms with Gasteiger partial charge in [-0.3, -0.25) is 14.4 Å². The molecular formula is C20H24N2O5S. The van der Waals surface area contributed by atoms with Gasteiger partial charge in [-0.15, -0.1) is 0 Å². The maximum absolute atomic E-state index is 13.0. The second kappa shape index (κ2) is 9.45. The van der Waals surface area contributed by atoms with E-state index in [1.807, 2.05) is 31.2 Å². The van der Waals surface area contributed by atoms with Gasteiger partial charge in [-0.25, -0.2) is 0 Å². The highest BCUT2D eigenvalue weighted by atomic mass is 32.1. The Kier molecular flexibility index (Phi) is 7.28. The van der Waals surface area contributed by atoms with E-state index < -0.39 is 35.3 Å². The molecule has 0 unspecified atom stereocenters. The predicted molar refractivity (Wildman–Crippen MR) is 109 cm³/mol. The van der Waals surface area contributed by atoms with Crippen LogP contribution in [0.25, 0.3) is 0 Å². The van der Waals surface area contributed by atoms with Gasteiger partial charge in [0.15, 0.2) is 0 Å². The minimum Gasteiger partial charge on any atom is -0.507 e. The normalized spacial score (nSPS) is 10.7. The topological polar surface area (TPSA) is 109 Å². The van der Waals surface area contributed by atoms with E-state index in [1.54, 1.807) is 6.92 Å². The molecule has 0 bridgehead atoms. The summed E-state index contributed by atoms with van der Waals surface area (Å²) < 4.78 is 1.42. The van der Waals surface area contributed by atoms with Crippen molar-refractivity contribution in [2.75, 3.05) is 6.54 Å². The third-order valence-electron chi connectivity index (χ3n) is 4.56. The number of carbonyl (C=O) groups excluding carboxylic acids is 1. The van der Waals surface area contributed by atoms with Crippen molar-refractivity contribution in [1.82, 2.24) is 9.88 Å². The number of nitrogens with one attached hydrogen (secondary N) is 1. The molecule has 8 heteroatoms. The molecule has 1 aromatic carbocycles. The van der Waals surface area contributed by atoms with E-state index in [-0.39, 0.29) is 12.3 Å². The number of aryl methyl sites for hydroxylation is 1. The summed E-state index contributed by atoms with van der Waals surface area (Å²) in [6, 6.07) is 7.77. The van der Waals surface area contributed by atoms with Crippen molar-refractivity contribution in [2.45, 2.75) is 39.0 Å². The van der Waals surface area contributed by atoms with Crippen molar-refractivity contribution in [3.05, 3.63) is 62.6 Å². The molecule has 0 atom stereocenters. The summed E-state index contributed by atoms with van der Waals surface area (Å²) in [6.07, 6.45) is 1.28. The van der Waals surface area contributed by atoms with Crippen molar-refractivity contribution in [3.63, 3.8) is 0 Å². The number of nitrogens with zero attached hydrogens (tertiary/aromatic N) is 1. The molecule has 0 radical (unpaired) electrons. The Bertz CT molecular complexity index is 935. The van der Waals surface area contributed by atoms with Crippen molar-refractivity contribution in [3.8, 4) is 5.75 Å². The van der Waals surface area contributed by atoms with Gasteiger partial charge in [-0.05, 0) is 24.0 Å². The Hall–Kier alpha value is -2.74. The van der Waals surface area contributed by atoms with E-state index in [0.29, 0.717) is 17.7 Å². The van der Waals surface area contributed by atoms with Gasteiger partial charge in [0.25, 0.3) is 11.5 Å². The van der Waals surface area contributed by atoms with Crippen LogP contribution >= 0.6 is 12.6 Å². The lowest BCUT2D eigenvalue weighted by atomic mass is 10.0. The van der Waals surface area contributed by atoms with Crippen LogP contribution in [-0.4, -0.2) is 33.2 Å². The highest BCUT2D eigenvalue weighted by Gasteiger charge is 2.25. The average molecular weight is 404 g/mol. The molecule has 1 aromatic heterocycles. The maximum atomic E-state index is 13.0. The number of benzene rings is 1. The second-order valence-corrected chi connectivity index (χ2v) is 6.61.